The van der Waals surface area contributed by atoms with Gasteiger partial charge in [-0.2, -0.15) is 13.2 Å². The Morgan fingerprint density at radius 2 is 1.95 bits per heavy atom. The van der Waals surface area contributed by atoms with Crippen LogP contribution in [0.5, 0.6) is 0 Å². The van der Waals surface area contributed by atoms with Crippen LogP contribution in [-0.2, 0) is 6.18 Å². The number of carbonyl (C=O) groups is 1. The van der Waals surface area contributed by atoms with Gasteiger partial charge in [-0.15, -0.1) is 0 Å². The average Bonchev–Trinajstić information content (AvgIpc) is 2.73. The lowest BCUT2D eigenvalue weighted by atomic mass is 10.2. The van der Waals surface area contributed by atoms with E-state index in [-0.39, 0.29) is 23.9 Å². The maximum atomic E-state index is 12.5. The van der Waals surface area contributed by atoms with Gasteiger partial charge in [0.25, 0.3) is 0 Å². The van der Waals surface area contributed by atoms with Crippen molar-refractivity contribution in [3.63, 3.8) is 0 Å². The van der Waals surface area contributed by atoms with Crippen LogP contribution < -0.4 is 23.0 Å². The highest BCUT2D eigenvalue weighted by Gasteiger charge is 2.30. The van der Waals surface area contributed by atoms with Crippen LogP contribution in [0.2, 0.25) is 0 Å². The lowest BCUT2D eigenvalue weighted by Crippen LogP contribution is -3.00. The molecule has 114 valence electrons. The van der Waals surface area contributed by atoms with Gasteiger partial charge in [-0.1, -0.05) is 11.2 Å². The Morgan fingerprint density at radius 3 is 2.52 bits per heavy atom. The Balaban J connectivity index is 0.00000220. The molecule has 1 aromatic heterocycles. The number of rotatable bonds is 2. The van der Waals surface area contributed by atoms with Gasteiger partial charge >= 0.3 is 12.2 Å². The molecule has 0 aliphatic carbocycles. The molecule has 0 bridgehead atoms. The summed E-state index contributed by atoms with van der Waals surface area (Å²) in [6.07, 6.45) is -4.46. The Hall–Kier alpha value is -2.22. The normalized spacial score (nSPS) is 10.7. The standard InChI is InChI=1S/C12H10F3N3O2.ClH/c1-7-5-10(18-20-7)17-11(19)16-9-4-2-3-8(6-9)12(13,14)15;/h2-6H,1H3,(H2,16,17,18,19);1H/p-1. The van der Waals surface area contributed by atoms with Crippen molar-refractivity contribution < 1.29 is 34.9 Å². The number of nitrogens with one attached hydrogen (secondary N) is 2. The van der Waals surface area contributed by atoms with Gasteiger partial charge in [-0.3, -0.25) is 5.32 Å². The van der Waals surface area contributed by atoms with E-state index < -0.39 is 17.8 Å². The number of hydrogen-bond acceptors (Lipinski definition) is 3. The molecule has 2 aromatic rings. The molecule has 1 heterocycles. The maximum Gasteiger partial charge on any atom is 0.416 e. The van der Waals surface area contributed by atoms with Gasteiger partial charge < -0.3 is 22.2 Å². The molecule has 0 aliphatic heterocycles. The monoisotopic (exact) mass is 320 g/mol. The zero-order valence-electron chi connectivity index (χ0n) is 10.7. The Labute approximate surface area is 123 Å². The Bertz CT molecular complexity index is 628. The third-order valence-corrected chi connectivity index (χ3v) is 2.32. The van der Waals surface area contributed by atoms with E-state index in [9.17, 15) is 18.0 Å². The van der Waals surface area contributed by atoms with E-state index in [2.05, 4.69) is 15.8 Å². The molecule has 0 saturated carbocycles. The highest BCUT2D eigenvalue weighted by molar-refractivity contribution is 5.99. The number of carbonyl (C=O) groups excluding carboxylic acids is 1. The number of urea groups is 1. The fourth-order valence-electron chi connectivity index (χ4n) is 1.48. The number of benzene rings is 1. The van der Waals surface area contributed by atoms with Crippen LogP contribution >= 0.6 is 0 Å². The van der Waals surface area contributed by atoms with Crippen molar-refractivity contribution in [1.82, 2.24) is 5.16 Å². The SMILES string of the molecule is Cc1cc(NC(=O)Nc2cccc(C(F)(F)F)c2)no1.[Cl-]. The average molecular weight is 321 g/mol. The number of anilines is 2. The van der Waals surface area contributed by atoms with Gasteiger partial charge in [-0.05, 0) is 25.1 Å². The first-order chi connectivity index (χ1) is 9.34. The fourth-order valence-corrected chi connectivity index (χ4v) is 1.48. The van der Waals surface area contributed by atoms with Gasteiger partial charge in [0.2, 0.25) is 0 Å². The van der Waals surface area contributed by atoms with Crippen LogP contribution in [0.3, 0.4) is 0 Å². The van der Waals surface area contributed by atoms with E-state index in [0.29, 0.717) is 5.76 Å². The van der Waals surface area contributed by atoms with Gasteiger partial charge in [0.15, 0.2) is 5.82 Å². The van der Waals surface area contributed by atoms with Gasteiger partial charge in [0.1, 0.15) is 5.76 Å². The summed E-state index contributed by atoms with van der Waals surface area (Å²) in [5, 5.41) is 8.14. The zero-order chi connectivity index (χ0) is 14.8. The number of alkyl halides is 3. The molecule has 0 radical (unpaired) electrons. The summed E-state index contributed by atoms with van der Waals surface area (Å²) in [7, 11) is 0. The topological polar surface area (TPSA) is 67.2 Å². The van der Waals surface area contributed by atoms with Crippen LogP contribution in [0.1, 0.15) is 11.3 Å². The van der Waals surface area contributed by atoms with E-state index in [1.807, 2.05) is 0 Å². The van der Waals surface area contributed by atoms with Gasteiger partial charge in [0.05, 0.1) is 5.56 Å². The number of aryl methyl sites for hydroxylation is 1. The number of aromatic nitrogens is 1. The molecule has 21 heavy (non-hydrogen) atoms. The molecular weight excluding hydrogens is 311 g/mol. The van der Waals surface area contributed by atoms with E-state index in [4.69, 9.17) is 4.52 Å². The summed E-state index contributed by atoms with van der Waals surface area (Å²) in [4.78, 5) is 11.6. The number of halogens is 4. The minimum Gasteiger partial charge on any atom is -1.00 e. The molecule has 0 aliphatic rings. The van der Waals surface area contributed by atoms with Crippen molar-refractivity contribution in [2.75, 3.05) is 10.6 Å². The second-order valence-electron chi connectivity index (χ2n) is 3.98. The van der Waals surface area contributed by atoms with Gasteiger partial charge in [-0.25, -0.2) is 4.79 Å². The highest BCUT2D eigenvalue weighted by atomic mass is 35.5. The first-order valence-corrected chi connectivity index (χ1v) is 5.53. The molecule has 1 aromatic carbocycles. The second kappa shape index (κ2) is 6.49. The quantitative estimate of drug-likeness (QED) is 0.854. The summed E-state index contributed by atoms with van der Waals surface area (Å²) in [6.45, 7) is 1.64. The third-order valence-electron chi connectivity index (χ3n) is 2.32. The van der Waals surface area contributed by atoms with Crippen molar-refractivity contribution in [3.05, 3.63) is 41.7 Å². The lowest BCUT2D eigenvalue weighted by molar-refractivity contribution is -0.137. The molecule has 0 atom stereocenters. The Morgan fingerprint density at radius 1 is 1.24 bits per heavy atom. The van der Waals surface area contributed by atoms with Crippen LogP contribution in [0.15, 0.2) is 34.9 Å². The largest absolute Gasteiger partial charge is 1.00 e. The van der Waals surface area contributed by atoms with Crippen molar-refractivity contribution in [2.45, 2.75) is 13.1 Å². The van der Waals surface area contributed by atoms with Crippen molar-refractivity contribution >= 4 is 17.5 Å². The molecule has 0 saturated heterocycles. The predicted molar refractivity (Wildman–Crippen MR) is 65.3 cm³/mol. The summed E-state index contributed by atoms with van der Waals surface area (Å²) in [5.74, 6) is 0.673. The predicted octanol–water partition coefficient (Wildman–Crippen LogP) is 0.650. The number of amides is 2. The number of hydrogen-bond donors (Lipinski definition) is 2. The minimum atomic E-state index is -4.46. The van der Waals surface area contributed by atoms with E-state index in [0.717, 1.165) is 12.1 Å². The number of nitrogens with zero attached hydrogens (tertiary/aromatic N) is 1. The molecule has 0 unspecified atom stereocenters. The van der Waals surface area contributed by atoms with E-state index in [1.165, 1.54) is 18.2 Å². The molecule has 0 fully saturated rings. The third kappa shape index (κ3) is 4.67. The van der Waals surface area contributed by atoms with Crippen molar-refractivity contribution in [3.8, 4) is 0 Å². The summed E-state index contributed by atoms with van der Waals surface area (Å²) in [5.41, 5.74) is -0.815. The molecule has 2 rings (SSSR count). The van der Waals surface area contributed by atoms with Crippen LogP contribution in [0.25, 0.3) is 0 Å². The minimum absolute atomic E-state index is 0. The van der Waals surface area contributed by atoms with Crippen LogP contribution in [-0.4, -0.2) is 11.2 Å². The Kier molecular flexibility index (Phi) is 5.20. The molecule has 9 heteroatoms. The lowest BCUT2D eigenvalue weighted by Gasteiger charge is -2.09. The molecular formula is C12H10ClF3N3O2-. The first-order valence-electron chi connectivity index (χ1n) is 5.53. The summed E-state index contributed by atoms with van der Waals surface area (Å²) in [6, 6.07) is 5.09. The summed E-state index contributed by atoms with van der Waals surface area (Å²) >= 11 is 0. The first kappa shape index (κ1) is 16.8. The molecule has 2 N–H and O–H groups in total. The van der Waals surface area contributed by atoms with Crippen molar-refractivity contribution in [2.24, 2.45) is 0 Å². The molecule has 2 amide bonds. The molecule has 5 nitrogen and oxygen atoms in total. The second-order valence-corrected chi connectivity index (χ2v) is 3.98. The highest BCUT2D eigenvalue weighted by Crippen LogP contribution is 2.30. The van der Waals surface area contributed by atoms with Crippen LogP contribution in [0.4, 0.5) is 29.5 Å². The smallest absolute Gasteiger partial charge is 0.416 e. The maximum absolute atomic E-state index is 12.5. The summed E-state index contributed by atoms with van der Waals surface area (Å²) < 4.78 is 42.3. The van der Waals surface area contributed by atoms with E-state index >= 15 is 0 Å². The van der Waals surface area contributed by atoms with Crippen molar-refractivity contribution in [1.29, 1.82) is 0 Å². The fraction of sp³-hybridized carbons (Fsp3) is 0.167. The van der Waals surface area contributed by atoms with Crippen LogP contribution in [0, 0.1) is 6.92 Å². The molecule has 0 spiro atoms. The zero-order valence-corrected chi connectivity index (χ0v) is 11.4. The van der Waals surface area contributed by atoms with Gasteiger partial charge in [0, 0.05) is 11.8 Å². The van der Waals surface area contributed by atoms with E-state index in [1.54, 1.807) is 6.92 Å².